The summed E-state index contributed by atoms with van der Waals surface area (Å²) in [4.78, 5) is 24.7. The van der Waals surface area contributed by atoms with Gasteiger partial charge in [-0.15, -0.1) is 0 Å². The standard InChI is InChI=1S/C10H15NO3/c1-14-10(13)8-5-6-9(12)11(8)7-3-2-4-7/h7-8H,2-6H2,1H3. The molecular weight excluding hydrogens is 182 g/mol. The highest BCUT2D eigenvalue weighted by Crippen LogP contribution is 2.32. The molecule has 1 aliphatic heterocycles. The molecule has 0 aromatic carbocycles. The van der Waals surface area contributed by atoms with Gasteiger partial charge in [0.2, 0.25) is 5.91 Å². The van der Waals surface area contributed by atoms with Crippen LogP contribution >= 0.6 is 0 Å². The highest BCUT2D eigenvalue weighted by molar-refractivity contribution is 5.88. The predicted molar refractivity (Wildman–Crippen MR) is 49.5 cm³/mol. The first kappa shape index (κ1) is 9.49. The van der Waals surface area contributed by atoms with Gasteiger partial charge in [0.25, 0.3) is 0 Å². The minimum atomic E-state index is -0.308. The quantitative estimate of drug-likeness (QED) is 0.612. The van der Waals surface area contributed by atoms with Gasteiger partial charge in [-0.25, -0.2) is 4.79 Å². The molecule has 0 bridgehead atoms. The molecule has 2 rings (SSSR count). The molecule has 0 aromatic heterocycles. The van der Waals surface area contributed by atoms with E-state index in [9.17, 15) is 9.59 Å². The third kappa shape index (κ3) is 1.38. The second kappa shape index (κ2) is 3.59. The average Bonchev–Trinajstić information content (AvgIpc) is 2.45. The van der Waals surface area contributed by atoms with E-state index in [0.29, 0.717) is 18.9 Å². The number of hydrogen-bond donors (Lipinski definition) is 0. The smallest absolute Gasteiger partial charge is 0.328 e. The lowest BCUT2D eigenvalue weighted by Crippen LogP contribution is -2.48. The number of rotatable bonds is 2. The Morgan fingerprint density at radius 2 is 2.14 bits per heavy atom. The molecule has 1 unspecified atom stereocenters. The zero-order valence-electron chi connectivity index (χ0n) is 8.36. The minimum Gasteiger partial charge on any atom is -0.467 e. The molecule has 1 atom stereocenters. The van der Waals surface area contributed by atoms with E-state index in [0.717, 1.165) is 12.8 Å². The van der Waals surface area contributed by atoms with Gasteiger partial charge in [-0.3, -0.25) is 4.79 Å². The number of nitrogens with zero attached hydrogens (tertiary/aromatic N) is 1. The molecule has 2 aliphatic rings. The van der Waals surface area contributed by atoms with Gasteiger partial charge < -0.3 is 9.64 Å². The van der Waals surface area contributed by atoms with Crippen LogP contribution in [0.3, 0.4) is 0 Å². The Labute approximate surface area is 83.2 Å². The van der Waals surface area contributed by atoms with E-state index in [1.807, 2.05) is 0 Å². The first-order valence-corrected chi connectivity index (χ1v) is 5.13. The maximum atomic E-state index is 11.6. The van der Waals surface area contributed by atoms with Crippen LogP contribution in [0.15, 0.2) is 0 Å². The molecule has 1 heterocycles. The summed E-state index contributed by atoms with van der Waals surface area (Å²) in [5.41, 5.74) is 0. The summed E-state index contributed by atoms with van der Waals surface area (Å²) in [5.74, 6) is -0.146. The van der Waals surface area contributed by atoms with Gasteiger partial charge in [0.15, 0.2) is 0 Å². The molecule has 78 valence electrons. The van der Waals surface area contributed by atoms with Gasteiger partial charge in [0.1, 0.15) is 6.04 Å². The third-order valence-electron chi connectivity index (χ3n) is 3.20. The van der Waals surface area contributed by atoms with Crippen molar-refractivity contribution >= 4 is 11.9 Å². The molecule has 4 nitrogen and oxygen atoms in total. The zero-order chi connectivity index (χ0) is 10.1. The third-order valence-corrected chi connectivity index (χ3v) is 3.20. The van der Waals surface area contributed by atoms with E-state index < -0.39 is 0 Å². The first-order chi connectivity index (χ1) is 6.74. The predicted octanol–water partition coefficient (Wildman–Crippen LogP) is 0.703. The second-order valence-electron chi connectivity index (χ2n) is 3.96. The van der Waals surface area contributed by atoms with Gasteiger partial charge in [-0.2, -0.15) is 0 Å². The number of carbonyl (C=O) groups excluding carboxylic acids is 2. The van der Waals surface area contributed by atoms with Crippen LogP contribution in [0.25, 0.3) is 0 Å². The molecule has 1 saturated carbocycles. The van der Waals surface area contributed by atoms with Gasteiger partial charge in [0, 0.05) is 12.5 Å². The summed E-state index contributed by atoms with van der Waals surface area (Å²) in [6.45, 7) is 0. The largest absolute Gasteiger partial charge is 0.467 e. The van der Waals surface area contributed by atoms with Crippen LogP contribution in [0, 0.1) is 0 Å². The molecule has 1 saturated heterocycles. The molecule has 1 aliphatic carbocycles. The highest BCUT2D eigenvalue weighted by Gasteiger charge is 2.42. The molecule has 0 N–H and O–H groups in total. The lowest BCUT2D eigenvalue weighted by molar-refractivity contribution is -0.152. The fourth-order valence-electron chi connectivity index (χ4n) is 2.19. The monoisotopic (exact) mass is 197 g/mol. The summed E-state index contributed by atoms with van der Waals surface area (Å²) in [7, 11) is 1.38. The first-order valence-electron chi connectivity index (χ1n) is 5.13. The topological polar surface area (TPSA) is 46.6 Å². The Morgan fingerprint density at radius 1 is 1.43 bits per heavy atom. The van der Waals surface area contributed by atoms with Gasteiger partial charge in [-0.05, 0) is 25.7 Å². The molecule has 2 fully saturated rings. The number of amides is 1. The Bertz CT molecular complexity index is 258. The van der Waals surface area contributed by atoms with E-state index >= 15 is 0 Å². The number of hydrogen-bond acceptors (Lipinski definition) is 3. The fourth-order valence-corrected chi connectivity index (χ4v) is 2.19. The maximum absolute atomic E-state index is 11.6. The van der Waals surface area contributed by atoms with Crippen LogP contribution in [-0.4, -0.2) is 36.0 Å². The second-order valence-corrected chi connectivity index (χ2v) is 3.96. The molecule has 14 heavy (non-hydrogen) atoms. The SMILES string of the molecule is COC(=O)C1CCC(=O)N1C1CCC1. The summed E-state index contributed by atoms with van der Waals surface area (Å²) in [6.07, 6.45) is 4.37. The summed E-state index contributed by atoms with van der Waals surface area (Å²) in [6, 6.07) is -0.00750. The normalized spacial score (nSPS) is 27.6. The van der Waals surface area contributed by atoms with Crippen LogP contribution in [0.4, 0.5) is 0 Å². The Morgan fingerprint density at radius 3 is 2.64 bits per heavy atom. The van der Waals surface area contributed by atoms with Crippen molar-refractivity contribution in [2.45, 2.75) is 44.2 Å². The molecule has 0 radical (unpaired) electrons. The van der Waals surface area contributed by atoms with E-state index in [1.54, 1.807) is 4.90 Å². The Kier molecular flexibility index (Phi) is 2.44. The Balaban J connectivity index is 2.08. The lowest BCUT2D eigenvalue weighted by Gasteiger charge is -2.37. The van der Waals surface area contributed by atoms with Crippen LogP contribution in [0.5, 0.6) is 0 Å². The van der Waals surface area contributed by atoms with Crippen LogP contribution in [-0.2, 0) is 14.3 Å². The van der Waals surface area contributed by atoms with Crippen LogP contribution in [0.2, 0.25) is 0 Å². The van der Waals surface area contributed by atoms with Crippen molar-refractivity contribution in [2.24, 2.45) is 0 Å². The van der Waals surface area contributed by atoms with E-state index in [1.165, 1.54) is 13.5 Å². The van der Waals surface area contributed by atoms with E-state index in [2.05, 4.69) is 0 Å². The highest BCUT2D eigenvalue weighted by atomic mass is 16.5. The fraction of sp³-hybridized carbons (Fsp3) is 0.800. The number of likely N-dealkylation sites (tertiary alicyclic amines) is 1. The van der Waals surface area contributed by atoms with Crippen molar-refractivity contribution in [1.29, 1.82) is 0 Å². The number of methoxy groups -OCH3 is 1. The summed E-state index contributed by atoms with van der Waals surface area (Å²) >= 11 is 0. The number of esters is 1. The number of carbonyl (C=O) groups is 2. The summed E-state index contributed by atoms with van der Waals surface area (Å²) < 4.78 is 4.70. The van der Waals surface area contributed by atoms with Gasteiger partial charge in [-0.1, -0.05) is 0 Å². The van der Waals surface area contributed by atoms with Crippen LogP contribution < -0.4 is 0 Å². The molecule has 0 aromatic rings. The zero-order valence-corrected chi connectivity index (χ0v) is 8.36. The number of ether oxygens (including phenoxy) is 1. The van der Waals surface area contributed by atoms with E-state index in [4.69, 9.17) is 4.74 Å². The molecule has 1 amide bonds. The average molecular weight is 197 g/mol. The molecule has 0 spiro atoms. The maximum Gasteiger partial charge on any atom is 0.328 e. The van der Waals surface area contributed by atoms with Crippen molar-refractivity contribution in [3.05, 3.63) is 0 Å². The molecular formula is C10H15NO3. The van der Waals surface area contributed by atoms with Crippen LogP contribution in [0.1, 0.15) is 32.1 Å². The van der Waals surface area contributed by atoms with Crippen molar-refractivity contribution in [1.82, 2.24) is 4.90 Å². The van der Waals surface area contributed by atoms with Crippen molar-refractivity contribution in [3.63, 3.8) is 0 Å². The van der Waals surface area contributed by atoms with Crippen molar-refractivity contribution in [3.8, 4) is 0 Å². The lowest BCUT2D eigenvalue weighted by atomic mass is 9.91. The van der Waals surface area contributed by atoms with Crippen molar-refractivity contribution in [2.75, 3.05) is 7.11 Å². The summed E-state index contributed by atoms with van der Waals surface area (Å²) in [5, 5.41) is 0. The Hall–Kier alpha value is -1.06. The molecule has 4 heteroatoms. The van der Waals surface area contributed by atoms with Gasteiger partial charge >= 0.3 is 5.97 Å². The van der Waals surface area contributed by atoms with Crippen molar-refractivity contribution < 1.29 is 14.3 Å². The minimum absolute atomic E-state index is 0.116. The van der Waals surface area contributed by atoms with E-state index in [-0.39, 0.29) is 17.9 Å². The van der Waals surface area contributed by atoms with Gasteiger partial charge in [0.05, 0.1) is 7.11 Å².